The smallest absolute Gasteiger partial charge is 0.203 e. The molecule has 0 spiro atoms. The Hall–Kier alpha value is -3.53. The first-order valence-electron chi connectivity index (χ1n) is 9.55. The molecular weight excluding hydrogens is 382 g/mol. The Morgan fingerprint density at radius 2 is 1.67 bits per heavy atom. The van der Waals surface area contributed by atoms with Crippen LogP contribution in [0.3, 0.4) is 0 Å². The lowest BCUT2D eigenvalue weighted by molar-refractivity contribution is 0.242. The van der Waals surface area contributed by atoms with E-state index in [1.807, 2.05) is 50.2 Å². The third kappa shape index (κ3) is 6.52. The van der Waals surface area contributed by atoms with Gasteiger partial charge in [-0.1, -0.05) is 5.92 Å². The first-order valence-corrected chi connectivity index (χ1v) is 9.55. The van der Waals surface area contributed by atoms with Crippen molar-refractivity contribution in [1.82, 2.24) is 5.32 Å². The molecule has 0 aliphatic heterocycles. The lowest BCUT2D eigenvalue weighted by Gasteiger charge is -2.15. The molecule has 2 rings (SSSR count). The van der Waals surface area contributed by atoms with Gasteiger partial charge in [-0.15, -0.1) is 6.42 Å². The van der Waals surface area contributed by atoms with Gasteiger partial charge < -0.3 is 29.6 Å². The van der Waals surface area contributed by atoms with Gasteiger partial charge in [-0.05, 0) is 55.8 Å². The largest absolute Gasteiger partial charge is 0.493 e. The van der Waals surface area contributed by atoms with Gasteiger partial charge >= 0.3 is 0 Å². The Balaban J connectivity index is 2.20. The SMILES string of the molecule is C#CCNC(=NCc1cc(OC)c(OC)c(OC)c1)Nc1ccc(OC(C)C)cc1. The van der Waals surface area contributed by atoms with Crippen molar-refractivity contribution in [2.45, 2.75) is 26.5 Å². The van der Waals surface area contributed by atoms with E-state index < -0.39 is 0 Å². The number of hydrogen-bond acceptors (Lipinski definition) is 5. The standard InChI is InChI=1S/C23H29N3O4/c1-7-12-24-23(26-18-8-10-19(11-9-18)30-16(2)3)25-15-17-13-20(27-4)22(29-6)21(14-17)28-5/h1,8-11,13-14,16H,12,15H2,2-6H3,(H2,24,25,26). The normalized spacial score (nSPS) is 10.9. The third-order valence-corrected chi connectivity index (χ3v) is 3.99. The molecule has 0 aliphatic carbocycles. The van der Waals surface area contributed by atoms with Crippen molar-refractivity contribution >= 4 is 11.6 Å². The molecule has 2 N–H and O–H groups in total. The fraction of sp³-hybridized carbons (Fsp3) is 0.348. The van der Waals surface area contributed by atoms with Crippen molar-refractivity contribution < 1.29 is 18.9 Å². The molecule has 30 heavy (non-hydrogen) atoms. The van der Waals surface area contributed by atoms with E-state index in [1.54, 1.807) is 21.3 Å². The number of ether oxygens (including phenoxy) is 4. The summed E-state index contributed by atoms with van der Waals surface area (Å²) in [5, 5.41) is 6.34. The summed E-state index contributed by atoms with van der Waals surface area (Å²) in [6.07, 6.45) is 5.51. The summed E-state index contributed by atoms with van der Waals surface area (Å²) in [5.74, 6) is 5.62. The minimum atomic E-state index is 0.122. The maximum absolute atomic E-state index is 5.67. The van der Waals surface area contributed by atoms with Gasteiger partial charge in [0.25, 0.3) is 0 Å². The maximum Gasteiger partial charge on any atom is 0.203 e. The van der Waals surface area contributed by atoms with Crippen LogP contribution in [0.5, 0.6) is 23.0 Å². The number of nitrogens with zero attached hydrogens (tertiary/aromatic N) is 1. The summed E-state index contributed by atoms with van der Waals surface area (Å²) in [6, 6.07) is 11.4. The van der Waals surface area contributed by atoms with Gasteiger partial charge in [-0.2, -0.15) is 0 Å². The fourth-order valence-corrected chi connectivity index (χ4v) is 2.70. The van der Waals surface area contributed by atoms with Crippen LogP contribution in [0, 0.1) is 12.3 Å². The first kappa shape index (κ1) is 22.8. The zero-order valence-corrected chi connectivity index (χ0v) is 18.1. The number of guanidine groups is 1. The fourth-order valence-electron chi connectivity index (χ4n) is 2.70. The van der Waals surface area contributed by atoms with Crippen LogP contribution < -0.4 is 29.6 Å². The molecule has 2 aromatic carbocycles. The summed E-state index contributed by atoms with van der Waals surface area (Å²) < 4.78 is 21.8. The average molecular weight is 412 g/mol. The Kier molecular flexibility index (Phi) is 8.70. The van der Waals surface area contributed by atoms with Gasteiger partial charge in [0, 0.05) is 5.69 Å². The Labute approximate surface area is 178 Å². The van der Waals surface area contributed by atoms with Gasteiger partial charge in [0.2, 0.25) is 5.75 Å². The van der Waals surface area contributed by atoms with Crippen molar-refractivity contribution in [3.8, 4) is 35.3 Å². The van der Waals surface area contributed by atoms with Gasteiger partial charge in [0.1, 0.15) is 5.75 Å². The van der Waals surface area contributed by atoms with Gasteiger partial charge in [0.05, 0.1) is 40.5 Å². The Morgan fingerprint density at radius 1 is 1.03 bits per heavy atom. The Morgan fingerprint density at radius 3 is 2.17 bits per heavy atom. The van der Waals surface area contributed by atoms with E-state index in [0.717, 1.165) is 17.0 Å². The number of terminal acetylenes is 1. The molecule has 0 atom stereocenters. The second-order valence-electron chi connectivity index (χ2n) is 6.57. The van der Waals surface area contributed by atoms with Crippen molar-refractivity contribution in [2.24, 2.45) is 4.99 Å². The van der Waals surface area contributed by atoms with Crippen molar-refractivity contribution in [3.05, 3.63) is 42.0 Å². The van der Waals surface area contributed by atoms with Crippen LogP contribution in [0.15, 0.2) is 41.4 Å². The highest BCUT2D eigenvalue weighted by Crippen LogP contribution is 2.38. The summed E-state index contributed by atoms with van der Waals surface area (Å²) >= 11 is 0. The van der Waals surface area contributed by atoms with Crippen LogP contribution in [-0.2, 0) is 6.54 Å². The van der Waals surface area contributed by atoms with Crippen molar-refractivity contribution in [3.63, 3.8) is 0 Å². The molecule has 160 valence electrons. The lowest BCUT2D eigenvalue weighted by atomic mass is 10.2. The molecule has 7 nitrogen and oxygen atoms in total. The highest BCUT2D eigenvalue weighted by Gasteiger charge is 2.13. The average Bonchev–Trinajstić information content (AvgIpc) is 2.75. The number of benzene rings is 2. The molecule has 0 saturated heterocycles. The molecule has 0 fully saturated rings. The molecule has 0 aromatic heterocycles. The van der Waals surface area contributed by atoms with Crippen molar-refractivity contribution in [2.75, 3.05) is 33.2 Å². The number of anilines is 1. The van der Waals surface area contributed by atoms with Crippen LogP contribution in [0.2, 0.25) is 0 Å². The summed E-state index contributed by atoms with van der Waals surface area (Å²) in [6.45, 7) is 4.70. The molecule has 0 heterocycles. The van der Waals surface area contributed by atoms with E-state index in [0.29, 0.717) is 36.3 Å². The van der Waals surface area contributed by atoms with E-state index in [2.05, 4.69) is 21.5 Å². The van der Waals surface area contributed by atoms with Crippen LogP contribution in [0.1, 0.15) is 19.4 Å². The monoisotopic (exact) mass is 411 g/mol. The molecular formula is C23H29N3O4. The molecule has 0 radical (unpaired) electrons. The molecule has 7 heteroatoms. The maximum atomic E-state index is 5.67. The summed E-state index contributed by atoms with van der Waals surface area (Å²) in [7, 11) is 4.73. The minimum absolute atomic E-state index is 0.122. The number of aliphatic imine (C=N–C) groups is 1. The van der Waals surface area contributed by atoms with Crippen molar-refractivity contribution in [1.29, 1.82) is 0 Å². The topological polar surface area (TPSA) is 73.3 Å². The van der Waals surface area contributed by atoms with Gasteiger partial charge in [-0.25, -0.2) is 4.99 Å². The van der Waals surface area contributed by atoms with E-state index in [9.17, 15) is 0 Å². The molecule has 0 saturated carbocycles. The van der Waals surface area contributed by atoms with Crippen LogP contribution in [-0.4, -0.2) is 39.9 Å². The number of hydrogen-bond donors (Lipinski definition) is 2. The molecule has 0 amide bonds. The van der Waals surface area contributed by atoms with Crippen LogP contribution in [0.25, 0.3) is 0 Å². The zero-order chi connectivity index (χ0) is 21.9. The molecule has 2 aromatic rings. The Bertz CT molecular complexity index is 861. The van der Waals surface area contributed by atoms with Gasteiger partial charge in [-0.3, -0.25) is 0 Å². The van der Waals surface area contributed by atoms with E-state index >= 15 is 0 Å². The number of nitrogens with one attached hydrogen (secondary N) is 2. The molecule has 0 unspecified atom stereocenters. The second kappa shape index (κ2) is 11.5. The molecule has 0 bridgehead atoms. The minimum Gasteiger partial charge on any atom is -0.493 e. The predicted octanol–water partition coefficient (Wildman–Crippen LogP) is 3.69. The van der Waals surface area contributed by atoms with Crippen LogP contribution >= 0.6 is 0 Å². The number of rotatable bonds is 9. The van der Waals surface area contributed by atoms with Crippen LogP contribution in [0.4, 0.5) is 5.69 Å². The second-order valence-corrected chi connectivity index (χ2v) is 6.57. The lowest BCUT2D eigenvalue weighted by Crippen LogP contribution is -2.31. The zero-order valence-electron chi connectivity index (χ0n) is 18.1. The molecule has 0 aliphatic rings. The number of methoxy groups -OCH3 is 3. The quantitative estimate of drug-likeness (QED) is 0.372. The highest BCUT2D eigenvalue weighted by atomic mass is 16.5. The van der Waals surface area contributed by atoms with E-state index in [-0.39, 0.29) is 6.10 Å². The first-order chi connectivity index (χ1) is 14.5. The summed E-state index contributed by atoms with van der Waals surface area (Å²) in [5.41, 5.74) is 1.76. The van der Waals surface area contributed by atoms with E-state index in [4.69, 9.17) is 25.4 Å². The third-order valence-electron chi connectivity index (χ3n) is 3.99. The predicted molar refractivity (Wildman–Crippen MR) is 120 cm³/mol. The van der Waals surface area contributed by atoms with E-state index in [1.165, 1.54) is 0 Å². The summed E-state index contributed by atoms with van der Waals surface area (Å²) in [4.78, 5) is 4.62. The van der Waals surface area contributed by atoms with Gasteiger partial charge in [0.15, 0.2) is 17.5 Å². The highest BCUT2D eigenvalue weighted by molar-refractivity contribution is 5.93.